The van der Waals surface area contributed by atoms with Crippen LogP contribution in [0.2, 0.25) is 0 Å². The maximum atomic E-state index is 12.0. The summed E-state index contributed by atoms with van der Waals surface area (Å²) >= 11 is 0. The molecule has 0 saturated heterocycles. The Morgan fingerprint density at radius 1 is 1.12 bits per heavy atom. The summed E-state index contributed by atoms with van der Waals surface area (Å²) in [5, 5.41) is 0. The van der Waals surface area contributed by atoms with E-state index in [-0.39, 0.29) is 11.3 Å². The molecule has 25 heavy (non-hydrogen) atoms. The van der Waals surface area contributed by atoms with Gasteiger partial charge in [-0.15, -0.1) is 0 Å². The van der Waals surface area contributed by atoms with Crippen molar-refractivity contribution in [3.05, 3.63) is 65.5 Å². The number of aromatic nitrogens is 1. The van der Waals surface area contributed by atoms with Crippen LogP contribution in [0.5, 0.6) is 0 Å². The number of carbonyl (C=O) groups is 1. The highest BCUT2D eigenvalue weighted by atomic mass is 32.2. The van der Waals surface area contributed by atoms with Crippen LogP contribution in [0, 0.1) is 0 Å². The number of rotatable bonds is 9. The maximum absolute atomic E-state index is 12.0. The van der Waals surface area contributed by atoms with Crippen LogP contribution in [-0.4, -0.2) is 25.1 Å². The molecule has 0 atom stereocenters. The predicted molar refractivity (Wildman–Crippen MR) is 95.3 cm³/mol. The van der Waals surface area contributed by atoms with Gasteiger partial charge in [-0.05, 0) is 24.1 Å². The fraction of sp³-hybridized carbons (Fsp3) is 0.333. The summed E-state index contributed by atoms with van der Waals surface area (Å²) in [6.07, 6.45) is 2.61. The van der Waals surface area contributed by atoms with E-state index in [9.17, 15) is 13.2 Å². The van der Waals surface area contributed by atoms with Crippen molar-refractivity contribution in [3.8, 4) is 0 Å². The number of amides is 1. The minimum Gasteiger partial charge on any atom is -0.370 e. The number of benzene rings is 1. The highest BCUT2D eigenvalue weighted by Crippen LogP contribution is 2.06. The average Bonchev–Trinajstić information content (AvgIpc) is 2.61. The van der Waals surface area contributed by atoms with E-state index in [4.69, 9.17) is 4.74 Å². The van der Waals surface area contributed by atoms with Gasteiger partial charge in [0.1, 0.15) is 0 Å². The molecule has 1 aromatic carbocycles. The molecule has 1 N–H and O–H groups in total. The van der Waals surface area contributed by atoms with Gasteiger partial charge in [0.05, 0.1) is 30.2 Å². The van der Waals surface area contributed by atoms with Crippen LogP contribution in [0.1, 0.15) is 41.4 Å². The molecule has 0 aliphatic heterocycles. The summed E-state index contributed by atoms with van der Waals surface area (Å²) in [5.74, 6) is -0.728. The summed E-state index contributed by atoms with van der Waals surface area (Å²) in [6.45, 7) is 2.67. The van der Waals surface area contributed by atoms with Crippen LogP contribution >= 0.6 is 0 Å². The van der Waals surface area contributed by atoms with Crippen molar-refractivity contribution in [1.29, 1.82) is 0 Å². The number of carbonyl (C=O) groups excluding carboxylic acids is 1. The second-order valence-corrected chi connectivity index (χ2v) is 7.46. The minimum absolute atomic E-state index is 0.0614. The third-order valence-electron chi connectivity index (χ3n) is 3.46. The van der Waals surface area contributed by atoms with Crippen molar-refractivity contribution in [2.75, 3.05) is 5.75 Å². The molecule has 0 aliphatic carbocycles. The number of unbranched alkanes of at least 4 members (excludes halogenated alkanes) is 1. The Hall–Kier alpha value is -2.25. The Bertz CT molecular complexity index is 774. The van der Waals surface area contributed by atoms with E-state index in [1.807, 2.05) is 37.3 Å². The molecule has 1 heterocycles. The molecule has 0 spiro atoms. The molecule has 1 aromatic heterocycles. The fourth-order valence-electron chi connectivity index (χ4n) is 2.08. The first-order chi connectivity index (χ1) is 12.0. The smallest absolute Gasteiger partial charge is 0.266 e. The van der Waals surface area contributed by atoms with Crippen LogP contribution in [-0.2, 0) is 28.0 Å². The van der Waals surface area contributed by atoms with Gasteiger partial charge >= 0.3 is 0 Å². The fourth-order valence-corrected chi connectivity index (χ4v) is 3.25. The zero-order valence-electron chi connectivity index (χ0n) is 14.1. The molecule has 0 saturated carbocycles. The highest BCUT2D eigenvalue weighted by Gasteiger charge is 2.15. The van der Waals surface area contributed by atoms with Crippen LogP contribution in [0.3, 0.4) is 0 Å². The van der Waals surface area contributed by atoms with Crippen molar-refractivity contribution in [2.24, 2.45) is 0 Å². The van der Waals surface area contributed by atoms with Crippen molar-refractivity contribution < 1.29 is 17.9 Å². The first-order valence-corrected chi connectivity index (χ1v) is 9.77. The van der Waals surface area contributed by atoms with Crippen molar-refractivity contribution >= 4 is 15.9 Å². The Kier molecular flexibility index (Phi) is 7.09. The largest absolute Gasteiger partial charge is 0.370 e. The molecular formula is C18H22N2O4S. The zero-order chi connectivity index (χ0) is 18.1. The number of sulfonamides is 1. The Morgan fingerprint density at radius 3 is 2.52 bits per heavy atom. The molecule has 2 rings (SSSR count). The maximum Gasteiger partial charge on any atom is 0.266 e. The molecule has 7 heteroatoms. The summed E-state index contributed by atoms with van der Waals surface area (Å²) in [6, 6.07) is 13.0. The molecule has 134 valence electrons. The quantitative estimate of drug-likeness (QED) is 0.741. The molecule has 0 aliphatic rings. The van der Waals surface area contributed by atoms with E-state index in [1.165, 1.54) is 6.20 Å². The second-order valence-electron chi connectivity index (χ2n) is 5.62. The minimum atomic E-state index is -3.60. The third-order valence-corrected chi connectivity index (χ3v) is 4.79. The normalized spacial score (nSPS) is 11.2. The number of nitrogens with zero attached hydrogens (tertiary/aromatic N) is 1. The molecule has 0 unspecified atom stereocenters. The van der Waals surface area contributed by atoms with Gasteiger partial charge in [0, 0.05) is 6.20 Å². The topological polar surface area (TPSA) is 85.4 Å². The van der Waals surface area contributed by atoms with E-state index < -0.39 is 15.9 Å². The number of ether oxygens (including phenoxy) is 1. The van der Waals surface area contributed by atoms with Gasteiger partial charge in [0.15, 0.2) is 0 Å². The van der Waals surface area contributed by atoms with Crippen molar-refractivity contribution in [2.45, 2.75) is 33.0 Å². The van der Waals surface area contributed by atoms with E-state index >= 15 is 0 Å². The van der Waals surface area contributed by atoms with Crippen LogP contribution < -0.4 is 4.72 Å². The molecule has 6 nitrogen and oxygen atoms in total. The molecule has 0 fully saturated rings. The second kappa shape index (κ2) is 9.29. The first-order valence-electron chi connectivity index (χ1n) is 8.11. The Morgan fingerprint density at radius 2 is 1.88 bits per heavy atom. The summed E-state index contributed by atoms with van der Waals surface area (Å²) in [5.41, 5.74) is 1.93. The number of hydrogen-bond donors (Lipinski definition) is 1. The van der Waals surface area contributed by atoms with E-state index in [0.717, 1.165) is 12.0 Å². The van der Waals surface area contributed by atoms with Crippen LogP contribution in [0.25, 0.3) is 0 Å². The third kappa shape index (κ3) is 6.64. The summed E-state index contributed by atoms with van der Waals surface area (Å²) in [7, 11) is -3.60. The van der Waals surface area contributed by atoms with Gasteiger partial charge in [0.2, 0.25) is 10.0 Å². The lowest BCUT2D eigenvalue weighted by molar-refractivity contribution is 0.0978. The standard InChI is InChI=1S/C18H22N2O4S/c1-2-3-11-25(22,23)20-18(21)16-9-10-17(19-12-16)14-24-13-15-7-5-4-6-8-15/h4-10,12H,2-3,11,13-14H2,1H3,(H,20,21). The van der Waals surface area contributed by atoms with Gasteiger partial charge in [-0.25, -0.2) is 13.1 Å². The van der Waals surface area contributed by atoms with E-state index in [1.54, 1.807) is 12.1 Å². The Labute approximate surface area is 148 Å². The lowest BCUT2D eigenvalue weighted by atomic mass is 10.2. The van der Waals surface area contributed by atoms with Crippen molar-refractivity contribution in [1.82, 2.24) is 9.71 Å². The number of pyridine rings is 1. The van der Waals surface area contributed by atoms with Gasteiger partial charge in [-0.3, -0.25) is 9.78 Å². The van der Waals surface area contributed by atoms with Crippen LogP contribution in [0.4, 0.5) is 0 Å². The molecule has 0 bridgehead atoms. The van der Waals surface area contributed by atoms with Crippen LogP contribution in [0.15, 0.2) is 48.7 Å². The lowest BCUT2D eigenvalue weighted by Gasteiger charge is -2.07. The van der Waals surface area contributed by atoms with Gasteiger partial charge in [-0.2, -0.15) is 0 Å². The number of hydrogen-bond acceptors (Lipinski definition) is 5. The average molecular weight is 362 g/mol. The summed E-state index contributed by atoms with van der Waals surface area (Å²) in [4.78, 5) is 16.1. The lowest BCUT2D eigenvalue weighted by Crippen LogP contribution is -2.32. The van der Waals surface area contributed by atoms with Gasteiger partial charge in [-0.1, -0.05) is 43.7 Å². The summed E-state index contributed by atoms with van der Waals surface area (Å²) < 4.78 is 31.1. The van der Waals surface area contributed by atoms with Gasteiger partial charge in [0.25, 0.3) is 5.91 Å². The molecule has 2 aromatic rings. The SMILES string of the molecule is CCCCS(=O)(=O)NC(=O)c1ccc(COCc2ccccc2)nc1. The molecular weight excluding hydrogens is 340 g/mol. The van der Waals surface area contributed by atoms with Gasteiger partial charge < -0.3 is 4.74 Å². The van der Waals surface area contributed by atoms with E-state index in [2.05, 4.69) is 9.71 Å². The molecule has 1 amide bonds. The first kappa shape index (κ1) is 19.1. The van der Waals surface area contributed by atoms with Crippen molar-refractivity contribution in [3.63, 3.8) is 0 Å². The predicted octanol–water partition coefficient (Wildman–Crippen LogP) is 2.66. The number of nitrogens with one attached hydrogen (secondary N) is 1. The monoisotopic (exact) mass is 362 g/mol. The highest BCUT2D eigenvalue weighted by molar-refractivity contribution is 7.90. The Balaban J connectivity index is 1.85. The molecule has 0 radical (unpaired) electrons. The van der Waals surface area contributed by atoms with E-state index in [0.29, 0.717) is 25.3 Å². The zero-order valence-corrected chi connectivity index (χ0v) is 15.0.